The van der Waals surface area contributed by atoms with Crippen LogP contribution in [0.1, 0.15) is 28.9 Å². The van der Waals surface area contributed by atoms with Crippen LogP contribution >= 0.6 is 11.6 Å². The molecule has 0 atom stereocenters. The van der Waals surface area contributed by atoms with Gasteiger partial charge in [-0.25, -0.2) is 4.39 Å². The number of halogens is 2. The van der Waals surface area contributed by atoms with Crippen molar-refractivity contribution in [1.29, 1.82) is 0 Å². The van der Waals surface area contributed by atoms with E-state index in [1.807, 2.05) is 0 Å². The van der Waals surface area contributed by atoms with Crippen LogP contribution in [0.25, 0.3) is 0 Å². The molecule has 28 heavy (non-hydrogen) atoms. The van der Waals surface area contributed by atoms with E-state index in [2.05, 4.69) is 15.6 Å². The van der Waals surface area contributed by atoms with Crippen LogP contribution in [0.4, 0.5) is 4.39 Å². The fourth-order valence-corrected chi connectivity index (χ4v) is 2.38. The number of rotatable bonds is 10. The Labute approximate surface area is 167 Å². The second-order valence-corrected chi connectivity index (χ2v) is 6.34. The van der Waals surface area contributed by atoms with Crippen LogP contribution in [0.3, 0.4) is 0 Å². The highest BCUT2D eigenvalue weighted by atomic mass is 35.5. The number of nitrogens with one attached hydrogen (secondary N) is 2. The number of unbranched alkanes of at least 4 members (excludes halogenated alkanes) is 1. The van der Waals surface area contributed by atoms with Gasteiger partial charge >= 0.3 is 0 Å². The van der Waals surface area contributed by atoms with E-state index in [-0.39, 0.29) is 29.2 Å². The van der Waals surface area contributed by atoms with Crippen molar-refractivity contribution in [1.82, 2.24) is 15.6 Å². The molecule has 0 saturated heterocycles. The van der Waals surface area contributed by atoms with Gasteiger partial charge in [-0.3, -0.25) is 14.6 Å². The largest absolute Gasteiger partial charge is 0.484 e. The van der Waals surface area contributed by atoms with Crippen LogP contribution in [0, 0.1) is 5.82 Å². The Morgan fingerprint density at radius 2 is 1.89 bits per heavy atom. The molecule has 9 heteroatoms. The maximum Gasteiger partial charge on any atom is 0.269 e. The number of benzene rings is 1. The smallest absolute Gasteiger partial charge is 0.269 e. The molecule has 0 unspecified atom stereocenters. The van der Waals surface area contributed by atoms with Gasteiger partial charge in [0.2, 0.25) is 0 Å². The third-order valence-electron chi connectivity index (χ3n) is 3.76. The molecule has 1 aromatic carbocycles. The Hall–Kier alpha value is -2.71. The average molecular weight is 409 g/mol. The van der Waals surface area contributed by atoms with Crippen LogP contribution in [0.15, 0.2) is 36.5 Å². The molecule has 2 rings (SSSR count). The summed E-state index contributed by atoms with van der Waals surface area (Å²) in [6.45, 7) is 1.03. The van der Waals surface area contributed by atoms with E-state index in [9.17, 15) is 14.0 Å². The van der Waals surface area contributed by atoms with Crippen LogP contribution in [-0.2, 0) is 11.3 Å². The standard InChI is InChI=1S/C19H22ClFN4O3/c20-15-4-3-14(10-16(15)21)28-12-18(26)24-6-1-2-7-25-19(27)17-9-13(11-22)5-8-23-17/h3-5,8-10H,1-2,6-7,11-12,22H2,(H,24,26)(H,25,27). The molecule has 0 bridgehead atoms. The number of carbonyl (C=O) groups excluding carboxylic acids is 2. The van der Waals surface area contributed by atoms with Gasteiger partial charge in [-0.1, -0.05) is 11.6 Å². The van der Waals surface area contributed by atoms with E-state index in [4.69, 9.17) is 22.1 Å². The van der Waals surface area contributed by atoms with E-state index in [1.165, 1.54) is 12.1 Å². The van der Waals surface area contributed by atoms with Crippen molar-refractivity contribution in [3.8, 4) is 5.75 Å². The summed E-state index contributed by atoms with van der Waals surface area (Å²) in [6, 6.07) is 7.38. The minimum atomic E-state index is -0.605. The molecule has 2 amide bonds. The van der Waals surface area contributed by atoms with Gasteiger partial charge in [0.15, 0.2) is 6.61 Å². The number of hydrogen-bond donors (Lipinski definition) is 3. The number of nitrogens with two attached hydrogens (primary N) is 1. The lowest BCUT2D eigenvalue weighted by Gasteiger charge is -2.08. The monoisotopic (exact) mass is 408 g/mol. The molecule has 0 fully saturated rings. The maximum absolute atomic E-state index is 13.3. The third kappa shape index (κ3) is 7.13. The summed E-state index contributed by atoms with van der Waals surface area (Å²) >= 11 is 5.58. The van der Waals surface area contributed by atoms with Gasteiger partial charge in [0.25, 0.3) is 11.8 Å². The van der Waals surface area contributed by atoms with Crippen molar-refractivity contribution in [2.45, 2.75) is 19.4 Å². The Kier molecular flexibility index (Phi) is 8.64. The van der Waals surface area contributed by atoms with Crippen LogP contribution < -0.4 is 21.1 Å². The molecule has 0 aliphatic carbocycles. The highest BCUT2D eigenvalue weighted by Crippen LogP contribution is 2.20. The molecule has 150 valence electrons. The number of amides is 2. The second kappa shape index (κ2) is 11.2. The first-order chi connectivity index (χ1) is 13.5. The predicted octanol–water partition coefficient (Wildman–Crippen LogP) is 2.04. The van der Waals surface area contributed by atoms with Gasteiger partial charge in [-0.05, 0) is 42.7 Å². The van der Waals surface area contributed by atoms with Crippen molar-refractivity contribution >= 4 is 23.4 Å². The van der Waals surface area contributed by atoms with Gasteiger partial charge in [0.1, 0.15) is 17.3 Å². The molecule has 0 spiro atoms. The van der Waals surface area contributed by atoms with Crippen molar-refractivity contribution < 1.29 is 18.7 Å². The zero-order valence-corrected chi connectivity index (χ0v) is 16.0. The topological polar surface area (TPSA) is 106 Å². The number of carbonyl (C=O) groups is 2. The Morgan fingerprint density at radius 3 is 2.61 bits per heavy atom. The first-order valence-electron chi connectivity index (χ1n) is 8.77. The number of pyridine rings is 1. The molecular weight excluding hydrogens is 387 g/mol. The summed E-state index contributed by atoms with van der Waals surface area (Å²) in [5, 5.41) is 5.45. The zero-order chi connectivity index (χ0) is 20.4. The quantitative estimate of drug-likeness (QED) is 0.521. The lowest BCUT2D eigenvalue weighted by molar-refractivity contribution is -0.123. The summed E-state index contributed by atoms with van der Waals surface area (Å²) in [5.41, 5.74) is 6.71. The molecule has 0 aliphatic rings. The summed E-state index contributed by atoms with van der Waals surface area (Å²) in [4.78, 5) is 27.7. The predicted molar refractivity (Wildman–Crippen MR) is 104 cm³/mol. The lowest BCUT2D eigenvalue weighted by atomic mass is 10.2. The fourth-order valence-electron chi connectivity index (χ4n) is 2.26. The van der Waals surface area contributed by atoms with Crippen molar-refractivity contribution in [3.05, 3.63) is 58.6 Å². The summed E-state index contributed by atoms with van der Waals surface area (Å²) in [6.07, 6.45) is 2.91. The first kappa shape index (κ1) is 21.6. The van der Waals surface area contributed by atoms with Crippen molar-refractivity contribution in [2.75, 3.05) is 19.7 Å². The van der Waals surface area contributed by atoms with Crippen molar-refractivity contribution in [2.24, 2.45) is 5.73 Å². The molecule has 0 saturated carbocycles. The second-order valence-electron chi connectivity index (χ2n) is 5.93. The van der Waals surface area contributed by atoms with Crippen LogP contribution in [-0.4, -0.2) is 36.5 Å². The highest BCUT2D eigenvalue weighted by molar-refractivity contribution is 6.30. The van der Waals surface area contributed by atoms with Gasteiger partial charge < -0.3 is 21.1 Å². The molecule has 0 aliphatic heterocycles. The number of ether oxygens (including phenoxy) is 1. The molecule has 7 nitrogen and oxygen atoms in total. The zero-order valence-electron chi connectivity index (χ0n) is 15.2. The van der Waals surface area contributed by atoms with E-state index >= 15 is 0 Å². The van der Waals surface area contributed by atoms with Crippen LogP contribution in [0.2, 0.25) is 5.02 Å². The summed E-state index contributed by atoms with van der Waals surface area (Å²) in [5.74, 6) is -0.955. The molecule has 0 radical (unpaired) electrons. The van der Waals surface area contributed by atoms with Crippen molar-refractivity contribution in [3.63, 3.8) is 0 Å². The Morgan fingerprint density at radius 1 is 1.14 bits per heavy atom. The molecule has 2 aromatic rings. The summed E-state index contributed by atoms with van der Waals surface area (Å²) in [7, 11) is 0. The third-order valence-corrected chi connectivity index (χ3v) is 4.07. The molecule has 4 N–H and O–H groups in total. The van der Waals surface area contributed by atoms with Gasteiger partial charge in [0.05, 0.1) is 5.02 Å². The highest BCUT2D eigenvalue weighted by Gasteiger charge is 2.07. The normalized spacial score (nSPS) is 10.4. The number of hydrogen-bond acceptors (Lipinski definition) is 5. The van der Waals surface area contributed by atoms with Crippen LogP contribution in [0.5, 0.6) is 5.75 Å². The Balaban J connectivity index is 1.57. The minimum Gasteiger partial charge on any atom is -0.484 e. The van der Waals surface area contributed by atoms with E-state index in [0.717, 1.165) is 11.6 Å². The maximum atomic E-state index is 13.3. The number of aromatic nitrogens is 1. The Bertz CT molecular complexity index is 820. The van der Waals surface area contributed by atoms with Gasteiger partial charge in [-0.2, -0.15) is 0 Å². The summed E-state index contributed by atoms with van der Waals surface area (Å²) < 4.78 is 18.5. The van der Waals surface area contributed by atoms with Gasteiger partial charge in [-0.15, -0.1) is 0 Å². The van der Waals surface area contributed by atoms with E-state index in [1.54, 1.807) is 18.3 Å². The molecule has 1 aromatic heterocycles. The van der Waals surface area contributed by atoms with Gasteiger partial charge in [0, 0.05) is 31.9 Å². The molecular formula is C19H22ClFN4O3. The fraction of sp³-hybridized carbons (Fsp3) is 0.316. The number of nitrogens with zero attached hydrogens (tertiary/aromatic N) is 1. The SMILES string of the molecule is NCc1ccnc(C(=O)NCCCCNC(=O)COc2ccc(Cl)c(F)c2)c1. The minimum absolute atomic E-state index is 0.00763. The lowest BCUT2D eigenvalue weighted by Crippen LogP contribution is -2.30. The van der Waals surface area contributed by atoms with E-state index in [0.29, 0.717) is 38.2 Å². The average Bonchev–Trinajstić information content (AvgIpc) is 2.71. The molecule has 1 heterocycles. The first-order valence-corrected chi connectivity index (χ1v) is 9.15. The van der Waals surface area contributed by atoms with E-state index < -0.39 is 5.82 Å².